The molecule has 0 spiro atoms. The third kappa shape index (κ3) is 3.38. The van der Waals surface area contributed by atoms with Crippen molar-refractivity contribution >= 4 is 34.7 Å². The summed E-state index contributed by atoms with van der Waals surface area (Å²) in [5, 5.41) is 34.7. The van der Waals surface area contributed by atoms with Gasteiger partial charge in [-0.05, 0) is 0 Å². The zero-order valence-electron chi connectivity index (χ0n) is 15.4. The van der Waals surface area contributed by atoms with Gasteiger partial charge in [-0.3, -0.25) is 24.3 Å². The van der Waals surface area contributed by atoms with E-state index < -0.39 is 54.9 Å². The van der Waals surface area contributed by atoms with E-state index in [1.165, 1.54) is 0 Å². The molecule has 0 radical (unpaired) electrons. The highest BCUT2D eigenvalue weighted by Gasteiger charge is 2.61. The fraction of sp³-hybridized carbons (Fsp3) is 0.467. The third-order valence-corrected chi connectivity index (χ3v) is 4.51. The van der Waals surface area contributed by atoms with E-state index in [1.807, 2.05) is 5.32 Å². The summed E-state index contributed by atoms with van der Waals surface area (Å²) < 4.78 is 6.49. The number of hydrogen-bond donors (Lipinski definition) is 7. The molecule has 3 heterocycles. The second-order valence-electron chi connectivity index (χ2n) is 6.31. The van der Waals surface area contributed by atoms with Gasteiger partial charge in [0, 0.05) is 0 Å². The molecule has 0 bridgehead atoms. The Morgan fingerprint density at radius 3 is 2.47 bits per heavy atom. The van der Waals surface area contributed by atoms with Crippen LogP contribution in [0.25, 0.3) is 11.2 Å². The number of fused-ring (bicyclic) bond motifs is 1. The normalized spacial score (nSPS) is 26.0. The van der Waals surface area contributed by atoms with Crippen LogP contribution in [0.4, 0.5) is 5.82 Å². The summed E-state index contributed by atoms with van der Waals surface area (Å²) in [7, 11) is 0. The molecule has 15 nitrogen and oxygen atoms in total. The number of carbonyl (C=O) groups is 3. The van der Waals surface area contributed by atoms with Crippen LogP contribution >= 0.6 is 0 Å². The molecule has 1 aliphatic rings. The number of nitrogens with two attached hydrogens (primary N) is 2. The van der Waals surface area contributed by atoms with E-state index >= 15 is 0 Å². The van der Waals surface area contributed by atoms with Crippen molar-refractivity contribution in [3.8, 4) is 0 Å². The molecule has 0 aromatic carbocycles. The molecule has 1 aliphatic heterocycles. The third-order valence-electron chi connectivity index (χ3n) is 4.51. The summed E-state index contributed by atoms with van der Waals surface area (Å²) in [5.41, 5.74) is 7.98. The highest BCUT2D eigenvalue weighted by atomic mass is 16.6. The molecule has 15 heteroatoms. The number of aliphatic hydroxyl groups is 3. The number of amides is 3. The first kappa shape index (κ1) is 21.6. The lowest BCUT2D eigenvalue weighted by atomic mass is 10.0. The zero-order valence-corrected chi connectivity index (χ0v) is 15.4. The predicted molar refractivity (Wildman–Crippen MR) is 97.2 cm³/mol. The molecule has 2 aromatic heterocycles. The Morgan fingerprint density at radius 2 is 1.87 bits per heavy atom. The monoisotopic (exact) mass is 424 g/mol. The largest absolute Gasteiger partial charge is 0.394 e. The first-order valence-electron chi connectivity index (χ1n) is 8.67. The van der Waals surface area contributed by atoms with E-state index in [0.29, 0.717) is 0 Å². The number of anilines is 1. The van der Waals surface area contributed by atoms with Gasteiger partial charge in [0.05, 0.1) is 19.7 Å². The summed E-state index contributed by atoms with van der Waals surface area (Å²) >= 11 is 0. The Bertz CT molecular complexity index is 981. The predicted octanol–water partition coefficient (Wildman–Crippen LogP) is -4.91. The Hall–Kier alpha value is -3.08. The number of ether oxygens (including phenoxy) is 1. The van der Waals surface area contributed by atoms with Gasteiger partial charge in [-0.1, -0.05) is 0 Å². The van der Waals surface area contributed by atoms with Crippen molar-refractivity contribution in [3.63, 3.8) is 0 Å². The van der Waals surface area contributed by atoms with Crippen molar-refractivity contribution in [1.29, 1.82) is 0 Å². The van der Waals surface area contributed by atoms with Crippen molar-refractivity contribution in [3.05, 3.63) is 12.7 Å². The number of nitrogens with zero attached hydrogens (tertiary/aromatic N) is 4. The van der Waals surface area contributed by atoms with Gasteiger partial charge >= 0.3 is 0 Å². The lowest BCUT2D eigenvalue weighted by Crippen LogP contribution is -2.58. The van der Waals surface area contributed by atoms with Gasteiger partial charge in [0.15, 0.2) is 17.0 Å². The average molecular weight is 424 g/mol. The molecule has 3 rings (SSSR count). The molecule has 0 unspecified atom stereocenters. The minimum absolute atomic E-state index is 0.00867. The molecule has 9 N–H and O–H groups in total. The van der Waals surface area contributed by atoms with Crippen LogP contribution in [0.2, 0.25) is 0 Å². The van der Waals surface area contributed by atoms with E-state index in [9.17, 15) is 29.7 Å². The highest BCUT2D eigenvalue weighted by molar-refractivity contribution is 6.01. The lowest BCUT2D eigenvalue weighted by Gasteiger charge is -2.31. The number of imide groups is 1. The molecule has 2 aromatic rings. The molecular weight excluding hydrogens is 404 g/mol. The van der Waals surface area contributed by atoms with Gasteiger partial charge in [0.1, 0.15) is 31.0 Å². The van der Waals surface area contributed by atoms with Gasteiger partial charge in [-0.25, -0.2) is 15.0 Å². The summed E-state index contributed by atoms with van der Waals surface area (Å²) in [6.07, 6.45) is -2.90. The van der Waals surface area contributed by atoms with Crippen LogP contribution in [-0.2, 0) is 24.8 Å². The molecule has 0 aliphatic carbocycles. The maximum absolute atomic E-state index is 13.0. The maximum atomic E-state index is 13.0. The van der Waals surface area contributed by atoms with E-state index in [1.54, 1.807) is 0 Å². The van der Waals surface area contributed by atoms with Crippen LogP contribution in [0.5, 0.6) is 0 Å². The van der Waals surface area contributed by atoms with E-state index in [-0.39, 0.29) is 23.5 Å². The molecular formula is C15H20N8O7. The van der Waals surface area contributed by atoms with Crippen LogP contribution < -0.4 is 22.1 Å². The second kappa shape index (κ2) is 8.34. The molecule has 30 heavy (non-hydrogen) atoms. The highest BCUT2D eigenvalue weighted by Crippen LogP contribution is 2.38. The summed E-state index contributed by atoms with van der Waals surface area (Å²) in [6, 6.07) is 0. The minimum atomic E-state index is -2.43. The standard InChI is InChI=1S/C15H20N8O7/c16-1-7(25)21-12-9-13(19-4-18-12)23(5-20-9)15(14(29)22-8(26)2-17)11(28)10(27)6(3-24)30-15/h4-6,10-11,24,27-28H,1-3,16-17H2,(H,22,26,29)(H,18,19,21,25)/t6-,10-,11-,15+/m1/s1. The molecule has 162 valence electrons. The average Bonchev–Trinajstić information content (AvgIpc) is 3.29. The quantitative estimate of drug-likeness (QED) is 0.231. The zero-order chi connectivity index (χ0) is 22.1. The van der Waals surface area contributed by atoms with Crippen LogP contribution in [0, 0.1) is 0 Å². The van der Waals surface area contributed by atoms with Crippen LogP contribution in [0.3, 0.4) is 0 Å². The molecule has 4 atom stereocenters. The lowest BCUT2D eigenvalue weighted by molar-refractivity contribution is -0.177. The Labute approximate surface area is 168 Å². The Morgan fingerprint density at radius 1 is 1.17 bits per heavy atom. The fourth-order valence-corrected chi connectivity index (χ4v) is 3.07. The number of aromatic nitrogens is 4. The van der Waals surface area contributed by atoms with Crippen molar-refractivity contribution in [2.75, 3.05) is 25.0 Å². The second-order valence-corrected chi connectivity index (χ2v) is 6.31. The van der Waals surface area contributed by atoms with Gasteiger partial charge in [-0.15, -0.1) is 0 Å². The minimum Gasteiger partial charge on any atom is -0.394 e. The van der Waals surface area contributed by atoms with Gasteiger partial charge in [-0.2, -0.15) is 0 Å². The summed E-state index contributed by atoms with van der Waals surface area (Å²) in [4.78, 5) is 48.2. The number of aliphatic hydroxyl groups excluding tert-OH is 3. The van der Waals surface area contributed by atoms with Crippen molar-refractivity contribution in [1.82, 2.24) is 24.8 Å². The Balaban J connectivity index is 2.17. The fourth-order valence-electron chi connectivity index (χ4n) is 3.07. The topological polar surface area (TPSA) is 241 Å². The van der Waals surface area contributed by atoms with E-state index in [2.05, 4.69) is 20.3 Å². The van der Waals surface area contributed by atoms with Crippen LogP contribution in [0.15, 0.2) is 12.7 Å². The van der Waals surface area contributed by atoms with E-state index in [4.69, 9.17) is 16.2 Å². The summed E-state index contributed by atoms with van der Waals surface area (Å²) in [5.74, 6) is -2.66. The number of imidazole rings is 1. The van der Waals surface area contributed by atoms with Gasteiger partial charge < -0.3 is 36.8 Å². The molecule has 3 amide bonds. The Kier molecular flexibility index (Phi) is 6.01. The molecule has 1 fully saturated rings. The first-order chi connectivity index (χ1) is 14.3. The van der Waals surface area contributed by atoms with Crippen LogP contribution in [0.1, 0.15) is 0 Å². The number of hydrogen-bond acceptors (Lipinski definition) is 12. The smallest absolute Gasteiger partial charge is 0.283 e. The number of carbonyl (C=O) groups excluding carboxylic acids is 3. The van der Waals surface area contributed by atoms with Crippen molar-refractivity contribution < 1.29 is 34.4 Å². The van der Waals surface area contributed by atoms with Crippen molar-refractivity contribution in [2.24, 2.45) is 11.5 Å². The first-order valence-corrected chi connectivity index (χ1v) is 8.67. The van der Waals surface area contributed by atoms with Gasteiger partial charge in [0.2, 0.25) is 11.8 Å². The maximum Gasteiger partial charge on any atom is 0.283 e. The number of rotatable bonds is 6. The SMILES string of the molecule is NCC(=O)NC(=O)[C@@]1(n2cnc3c(NC(=O)CN)ncnc32)O[C@H](CO)[C@@H](O)[C@H]1O. The number of nitrogens with one attached hydrogen (secondary N) is 2. The molecule has 0 saturated carbocycles. The van der Waals surface area contributed by atoms with E-state index in [0.717, 1.165) is 17.2 Å². The summed E-state index contributed by atoms with van der Waals surface area (Å²) in [6.45, 7) is -1.60. The molecule has 1 saturated heterocycles. The van der Waals surface area contributed by atoms with Crippen molar-refractivity contribution in [2.45, 2.75) is 24.0 Å². The van der Waals surface area contributed by atoms with Crippen LogP contribution in [-0.4, -0.2) is 90.6 Å². The van der Waals surface area contributed by atoms with Gasteiger partial charge in [0.25, 0.3) is 11.6 Å².